The van der Waals surface area contributed by atoms with E-state index in [0.29, 0.717) is 35.2 Å². The molecular formula is C21H21ClF3N7O. The summed E-state index contributed by atoms with van der Waals surface area (Å²) in [5, 5.41) is 11.2. The van der Waals surface area contributed by atoms with Crippen LogP contribution in [-0.4, -0.2) is 55.9 Å². The number of carbonyl (C=O) groups excluding carboxylic acids is 1. The molecule has 0 aliphatic carbocycles. The van der Waals surface area contributed by atoms with Crippen LogP contribution in [0.25, 0.3) is 11.1 Å². The van der Waals surface area contributed by atoms with Crippen LogP contribution in [0.4, 0.5) is 30.6 Å². The molecule has 1 aromatic carbocycles. The highest BCUT2D eigenvalue weighted by Gasteiger charge is 2.43. The molecule has 0 bridgehead atoms. The molecule has 1 amide bonds. The Labute approximate surface area is 192 Å². The second-order valence-electron chi connectivity index (χ2n) is 7.70. The Morgan fingerprint density at radius 1 is 1.15 bits per heavy atom. The molecule has 8 nitrogen and oxygen atoms in total. The second-order valence-corrected chi connectivity index (χ2v) is 8.14. The smallest absolute Gasteiger partial charge is 0.367 e. The van der Waals surface area contributed by atoms with E-state index in [-0.39, 0.29) is 19.1 Å². The lowest BCUT2D eigenvalue weighted by molar-refractivity contribution is -0.186. The van der Waals surface area contributed by atoms with Crippen LogP contribution < -0.4 is 10.6 Å². The number of likely N-dealkylation sites (tertiary alicyclic amines) is 1. The Balaban J connectivity index is 1.53. The van der Waals surface area contributed by atoms with Crippen LogP contribution in [0.5, 0.6) is 0 Å². The molecule has 3 heterocycles. The van der Waals surface area contributed by atoms with Crippen LogP contribution in [0, 0.1) is 0 Å². The van der Waals surface area contributed by atoms with Gasteiger partial charge in [-0.25, -0.2) is 4.98 Å². The van der Waals surface area contributed by atoms with Gasteiger partial charge in [-0.2, -0.15) is 23.3 Å². The van der Waals surface area contributed by atoms with E-state index in [9.17, 15) is 18.0 Å². The molecule has 12 heteroatoms. The van der Waals surface area contributed by atoms with E-state index in [0.717, 1.165) is 16.2 Å². The number of benzene rings is 1. The number of anilines is 3. The maximum Gasteiger partial charge on any atom is 0.471 e. The predicted molar refractivity (Wildman–Crippen MR) is 118 cm³/mol. The Morgan fingerprint density at radius 3 is 2.45 bits per heavy atom. The number of hydrogen-bond acceptors (Lipinski definition) is 6. The van der Waals surface area contributed by atoms with Crippen molar-refractivity contribution in [3.8, 4) is 11.1 Å². The molecule has 33 heavy (non-hydrogen) atoms. The molecule has 0 radical (unpaired) electrons. The number of nitrogens with one attached hydrogen (secondary N) is 2. The topological polar surface area (TPSA) is 88.0 Å². The highest BCUT2D eigenvalue weighted by Crippen LogP contribution is 2.30. The molecule has 3 aromatic rings. The number of aromatic nitrogens is 4. The van der Waals surface area contributed by atoms with Crippen molar-refractivity contribution in [3.63, 3.8) is 0 Å². The normalized spacial score (nSPS) is 14.9. The van der Waals surface area contributed by atoms with E-state index in [1.54, 1.807) is 48.4 Å². The lowest BCUT2D eigenvalue weighted by Gasteiger charge is -2.33. The van der Waals surface area contributed by atoms with Gasteiger partial charge in [0.2, 0.25) is 5.95 Å². The predicted octanol–water partition coefficient (Wildman–Crippen LogP) is 4.24. The van der Waals surface area contributed by atoms with E-state index in [4.69, 9.17) is 11.6 Å². The zero-order valence-corrected chi connectivity index (χ0v) is 18.4. The quantitative estimate of drug-likeness (QED) is 0.569. The lowest BCUT2D eigenvalue weighted by atomic mass is 10.0. The van der Waals surface area contributed by atoms with Crippen LogP contribution in [-0.2, 0) is 11.8 Å². The standard InChI is InChI=1S/C21H21ClF3N7O/c1-31-12-13(10-27-31)17-11-26-20(29-15-4-2-14(22)3-5-15)30-18(17)28-16-6-8-32(9-7-16)19(33)21(23,24)25/h2-5,10-12,16H,6-9H2,1H3,(H2,26,28,29,30). The van der Waals surface area contributed by atoms with Gasteiger partial charge < -0.3 is 15.5 Å². The van der Waals surface area contributed by atoms with Crippen molar-refractivity contribution < 1.29 is 18.0 Å². The van der Waals surface area contributed by atoms with E-state index >= 15 is 0 Å². The van der Waals surface area contributed by atoms with Crippen molar-refractivity contribution in [1.82, 2.24) is 24.6 Å². The van der Waals surface area contributed by atoms with Gasteiger partial charge in [-0.05, 0) is 37.1 Å². The molecule has 174 valence electrons. The van der Waals surface area contributed by atoms with Crippen molar-refractivity contribution in [2.75, 3.05) is 23.7 Å². The summed E-state index contributed by atoms with van der Waals surface area (Å²) in [6.07, 6.45) is 1.02. The Morgan fingerprint density at radius 2 is 1.85 bits per heavy atom. The molecule has 1 saturated heterocycles. The third-order valence-electron chi connectivity index (χ3n) is 5.27. The number of rotatable bonds is 5. The molecule has 1 fully saturated rings. The number of carbonyl (C=O) groups is 1. The monoisotopic (exact) mass is 479 g/mol. The first-order chi connectivity index (χ1) is 15.7. The summed E-state index contributed by atoms with van der Waals surface area (Å²) < 4.78 is 39.8. The van der Waals surface area contributed by atoms with Gasteiger partial charge in [0.25, 0.3) is 0 Å². The van der Waals surface area contributed by atoms with Crippen LogP contribution in [0.1, 0.15) is 12.8 Å². The van der Waals surface area contributed by atoms with Crippen LogP contribution in [0.2, 0.25) is 5.02 Å². The average molecular weight is 480 g/mol. The van der Waals surface area contributed by atoms with E-state index in [1.165, 1.54) is 0 Å². The molecule has 0 atom stereocenters. The minimum Gasteiger partial charge on any atom is -0.367 e. The van der Waals surface area contributed by atoms with Gasteiger partial charge in [0.15, 0.2) is 0 Å². The first-order valence-electron chi connectivity index (χ1n) is 10.2. The van der Waals surface area contributed by atoms with Crippen LogP contribution >= 0.6 is 11.6 Å². The summed E-state index contributed by atoms with van der Waals surface area (Å²) in [6.45, 7) is 0.0262. The summed E-state index contributed by atoms with van der Waals surface area (Å²) in [5.41, 5.74) is 2.25. The molecule has 2 N–H and O–H groups in total. The van der Waals surface area contributed by atoms with Gasteiger partial charge >= 0.3 is 12.1 Å². The molecule has 1 aliphatic rings. The number of piperidine rings is 1. The number of aryl methyl sites for hydroxylation is 1. The van der Waals surface area contributed by atoms with Crippen molar-refractivity contribution in [2.45, 2.75) is 25.1 Å². The highest BCUT2D eigenvalue weighted by atomic mass is 35.5. The SMILES string of the molecule is Cn1cc(-c2cnc(Nc3ccc(Cl)cc3)nc2NC2CCN(C(=O)C(F)(F)F)CC2)cn1. The molecular weight excluding hydrogens is 459 g/mol. The minimum absolute atomic E-state index is 0.0131. The minimum atomic E-state index is -4.86. The molecule has 1 aliphatic heterocycles. The fourth-order valence-electron chi connectivity index (χ4n) is 3.59. The molecule has 0 saturated carbocycles. The maximum atomic E-state index is 12.7. The third-order valence-corrected chi connectivity index (χ3v) is 5.52. The van der Waals surface area contributed by atoms with Gasteiger partial charge in [0.1, 0.15) is 5.82 Å². The fourth-order valence-corrected chi connectivity index (χ4v) is 3.71. The highest BCUT2D eigenvalue weighted by molar-refractivity contribution is 6.30. The third kappa shape index (κ3) is 5.54. The first-order valence-corrected chi connectivity index (χ1v) is 10.6. The summed E-state index contributed by atoms with van der Waals surface area (Å²) in [4.78, 5) is 21.3. The first kappa shape index (κ1) is 22.8. The van der Waals surface area contributed by atoms with E-state index < -0.39 is 12.1 Å². The Kier molecular flexibility index (Phi) is 6.41. The number of amides is 1. The molecule has 0 unspecified atom stereocenters. The average Bonchev–Trinajstić information content (AvgIpc) is 3.21. The van der Waals surface area contributed by atoms with Crippen molar-refractivity contribution >= 4 is 35.0 Å². The fraction of sp³-hybridized carbons (Fsp3) is 0.333. The van der Waals surface area contributed by atoms with Crippen LogP contribution in [0.15, 0.2) is 42.9 Å². The second kappa shape index (κ2) is 9.26. The van der Waals surface area contributed by atoms with E-state index in [2.05, 4.69) is 25.7 Å². The number of halogens is 4. The molecule has 0 spiro atoms. The van der Waals surface area contributed by atoms with Gasteiger partial charge in [0, 0.05) is 60.4 Å². The zero-order valence-electron chi connectivity index (χ0n) is 17.6. The number of hydrogen-bond donors (Lipinski definition) is 2. The van der Waals surface area contributed by atoms with Crippen molar-refractivity contribution in [3.05, 3.63) is 47.9 Å². The van der Waals surface area contributed by atoms with Crippen LogP contribution in [0.3, 0.4) is 0 Å². The Bertz CT molecular complexity index is 1130. The van der Waals surface area contributed by atoms with Gasteiger partial charge in [-0.3, -0.25) is 9.48 Å². The molecule has 2 aromatic heterocycles. The lowest BCUT2D eigenvalue weighted by Crippen LogP contribution is -2.47. The largest absolute Gasteiger partial charge is 0.471 e. The van der Waals surface area contributed by atoms with Gasteiger partial charge in [-0.15, -0.1) is 0 Å². The zero-order chi connectivity index (χ0) is 23.6. The van der Waals surface area contributed by atoms with Crippen molar-refractivity contribution in [1.29, 1.82) is 0 Å². The maximum absolute atomic E-state index is 12.7. The summed E-state index contributed by atoms with van der Waals surface area (Å²) >= 11 is 5.93. The van der Waals surface area contributed by atoms with E-state index in [1.807, 2.05) is 6.20 Å². The summed E-state index contributed by atoms with van der Waals surface area (Å²) in [6, 6.07) is 6.91. The van der Waals surface area contributed by atoms with Crippen molar-refractivity contribution in [2.24, 2.45) is 7.05 Å². The Hall–Kier alpha value is -3.34. The number of nitrogens with zero attached hydrogens (tertiary/aromatic N) is 5. The summed E-state index contributed by atoms with van der Waals surface area (Å²) in [5.74, 6) is -0.930. The molecule has 4 rings (SSSR count). The number of alkyl halides is 3. The van der Waals surface area contributed by atoms with Gasteiger partial charge in [0.05, 0.1) is 6.20 Å². The summed E-state index contributed by atoms with van der Waals surface area (Å²) in [7, 11) is 1.79. The van der Waals surface area contributed by atoms with Gasteiger partial charge in [-0.1, -0.05) is 11.6 Å².